The second kappa shape index (κ2) is 11.7. The van der Waals surface area contributed by atoms with Gasteiger partial charge in [0.05, 0.1) is 13.2 Å². The van der Waals surface area contributed by atoms with Crippen molar-refractivity contribution in [2.24, 2.45) is 0 Å². The number of esters is 2. The first-order chi connectivity index (χ1) is 11.2. The Balaban J connectivity index is 3.91. The van der Waals surface area contributed by atoms with Gasteiger partial charge in [-0.25, -0.2) is 9.59 Å². The summed E-state index contributed by atoms with van der Waals surface area (Å²) in [6, 6.07) is 0. The molecule has 0 radical (unpaired) electrons. The topological polar surface area (TPSA) is 132 Å². The average molecular weight is 348 g/mol. The molecule has 0 aromatic heterocycles. The predicted octanol–water partition coefficient (Wildman–Crippen LogP) is -1.09. The summed E-state index contributed by atoms with van der Waals surface area (Å²) < 4.78 is 19.3. The van der Waals surface area contributed by atoms with Crippen LogP contribution in [-0.2, 0) is 28.5 Å². The van der Waals surface area contributed by atoms with Crippen molar-refractivity contribution in [1.82, 2.24) is 0 Å². The van der Waals surface area contributed by atoms with Crippen molar-refractivity contribution in [2.75, 3.05) is 33.0 Å². The van der Waals surface area contributed by atoms with Gasteiger partial charge < -0.3 is 34.3 Å². The van der Waals surface area contributed by atoms with Crippen LogP contribution in [0.3, 0.4) is 0 Å². The van der Waals surface area contributed by atoms with Crippen LogP contribution in [-0.4, -0.2) is 78.3 Å². The van der Waals surface area contributed by atoms with Gasteiger partial charge in [0.2, 0.25) is 0 Å². The van der Waals surface area contributed by atoms with Crippen LogP contribution < -0.4 is 0 Å². The minimum atomic E-state index is -1.74. The van der Waals surface area contributed by atoms with Gasteiger partial charge in [-0.3, -0.25) is 0 Å². The highest BCUT2D eigenvalue weighted by Gasteiger charge is 2.24. The summed E-state index contributed by atoms with van der Waals surface area (Å²) >= 11 is 0. The SMILES string of the molecule is C=CC(=O)OCC(O)COCC(C)(O)OCC(O)COC(=O)C=C. The normalized spacial score (nSPS) is 15.7. The van der Waals surface area contributed by atoms with E-state index in [1.165, 1.54) is 6.92 Å². The lowest BCUT2D eigenvalue weighted by Crippen LogP contribution is -2.39. The van der Waals surface area contributed by atoms with Gasteiger partial charge in [0.15, 0.2) is 5.79 Å². The molecule has 24 heavy (non-hydrogen) atoms. The van der Waals surface area contributed by atoms with Crippen molar-refractivity contribution in [3.05, 3.63) is 25.3 Å². The lowest BCUT2D eigenvalue weighted by atomic mass is 10.3. The molecule has 138 valence electrons. The van der Waals surface area contributed by atoms with Crippen molar-refractivity contribution >= 4 is 11.9 Å². The Morgan fingerprint density at radius 3 is 1.92 bits per heavy atom. The highest BCUT2D eigenvalue weighted by molar-refractivity contribution is 5.81. The summed E-state index contributed by atoms with van der Waals surface area (Å²) in [5.74, 6) is -3.09. The quantitative estimate of drug-likeness (QED) is 0.216. The van der Waals surface area contributed by atoms with E-state index in [1.807, 2.05) is 0 Å². The number of carbonyl (C=O) groups is 2. The summed E-state index contributed by atoms with van der Waals surface area (Å²) in [5.41, 5.74) is 0. The molecule has 0 aromatic rings. The number of hydrogen-bond donors (Lipinski definition) is 3. The van der Waals surface area contributed by atoms with Gasteiger partial charge in [0.1, 0.15) is 32.0 Å². The third-order valence-corrected chi connectivity index (χ3v) is 2.44. The Kier molecular flexibility index (Phi) is 10.8. The number of aliphatic hydroxyl groups excluding tert-OH is 2. The number of aliphatic hydroxyl groups is 3. The summed E-state index contributed by atoms with van der Waals surface area (Å²) in [6.45, 7) is 6.30. The second-order valence-electron chi connectivity index (χ2n) is 4.98. The molecular formula is C15H24O9. The molecule has 0 heterocycles. The van der Waals surface area contributed by atoms with Gasteiger partial charge in [-0.15, -0.1) is 0 Å². The number of rotatable bonds is 13. The molecule has 0 saturated carbocycles. The number of hydrogen-bond acceptors (Lipinski definition) is 9. The Morgan fingerprint density at radius 2 is 1.46 bits per heavy atom. The van der Waals surface area contributed by atoms with E-state index in [0.717, 1.165) is 12.2 Å². The molecule has 0 aliphatic carbocycles. The van der Waals surface area contributed by atoms with Crippen LogP contribution in [0.25, 0.3) is 0 Å². The van der Waals surface area contributed by atoms with Crippen LogP contribution in [0.4, 0.5) is 0 Å². The van der Waals surface area contributed by atoms with Crippen molar-refractivity contribution in [3.8, 4) is 0 Å². The molecule has 0 fully saturated rings. The molecule has 0 saturated heterocycles. The second-order valence-corrected chi connectivity index (χ2v) is 4.98. The van der Waals surface area contributed by atoms with Gasteiger partial charge >= 0.3 is 11.9 Å². The van der Waals surface area contributed by atoms with Crippen LogP contribution in [0.15, 0.2) is 25.3 Å². The fourth-order valence-corrected chi connectivity index (χ4v) is 1.27. The van der Waals surface area contributed by atoms with Crippen molar-refractivity contribution in [2.45, 2.75) is 24.9 Å². The van der Waals surface area contributed by atoms with E-state index in [2.05, 4.69) is 22.6 Å². The minimum Gasteiger partial charge on any atom is -0.460 e. The van der Waals surface area contributed by atoms with Crippen LogP contribution in [0.1, 0.15) is 6.92 Å². The first-order valence-electron chi connectivity index (χ1n) is 7.08. The van der Waals surface area contributed by atoms with E-state index in [0.29, 0.717) is 0 Å². The highest BCUT2D eigenvalue weighted by Crippen LogP contribution is 2.08. The molecule has 9 nitrogen and oxygen atoms in total. The lowest BCUT2D eigenvalue weighted by Gasteiger charge is -2.25. The Hall–Kier alpha value is -1.78. The first kappa shape index (κ1) is 22.2. The molecule has 3 atom stereocenters. The molecule has 0 rings (SSSR count). The molecule has 0 aromatic carbocycles. The molecule has 0 aliphatic rings. The standard InChI is InChI=1S/C15H24O9/c1-4-13(18)22-7-11(16)6-21-10-15(3,20)24-9-12(17)8-23-14(19)5-2/h4-5,11-12,16-17,20H,1-2,6-10H2,3H3. The van der Waals surface area contributed by atoms with Crippen LogP contribution in [0.2, 0.25) is 0 Å². The molecule has 0 spiro atoms. The zero-order valence-corrected chi connectivity index (χ0v) is 13.6. The smallest absolute Gasteiger partial charge is 0.330 e. The van der Waals surface area contributed by atoms with Gasteiger partial charge in [0, 0.05) is 12.2 Å². The summed E-state index contributed by atoms with van der Waals surface area (Å²) in [4.78, 5) is 21.6. The van der Waals surface area contributed by atoms with Crippen molar-refractivity contribution < 1.29 is 43.9 Å². The fourth-order valence-electron chi connectivity index (χ4n) is 1.27. The van der Waals surface area contributed by atoms with Gasteiger partial charge in [-0.05, 0) is 6.92 Å². The molecule has 3 N–H and O–H groups in total. The average Bonchev–Trinajstić information content (AvgIpc) is 2.55. The van der Waals surface area contributed by atoms with Gasteiger partial charge in [-0.2, -0.15) is 0 Å². The number of ether oxygens (including phenoxy) is 4. The van der Waals surface area contributed by atoms with Gasteiger partial charge in [0.25, 0.3) is 0 Å². The summed E-state index contributed by atoms with van der Waals surface area (Å²) in [7, 11) is 0. The number of carbonyl (C=O) groups excluding carboxylic acids is 2. The first-order valence-corrected chi connectivity index (χ1v) is 7.08. The van der Waals surface area contributed by atoms with Gasteiger partial charge in [-0.1, -0.05) is 13.2 Å². The van der Waals surface area contributed by atoms with Crippen LogP contribution in [0.5, 0.6) is 0 Å². The summed E-state index contributed by atoms with van der Waals surface area (Å²) in [6.07, 6.45) is -0.295. The Morgan fingerprint density at radius 1 is 1.00 bits per heavy atom. The maximum absolute atomic E-state index is 10.8. The van der Waals surface area contributed by atoms with E-state index in [9.17, 15) is 24.9 Å². The van der Waals surface area contributed by atoms with Crippen LogP contribution >= 0.6 is 0 Å². The molecule has 9 heteroatoms. The third kappa shape index (κ3) is 11.7. The Bertz CT molecular complexity index is 419. The molecule has 3 unspecified atom stereocenters. The summed E-state index contributed by atoms with van der Waals surface area (Å²) in [5, 5.41) is 28.9. The highest BCUT2D eigenvalue weighted by atomic mass is 16.7. The third-order valence-electron chi connectivity index (χ3n) is 2.44. The van der Waals surface area contributed by atoms with E-state index in [-0.39, 0.29) is 33.0 Å². The largest absolute Gasteiger partial charge is 0.460 e. The Labute approximate surface area is 140 Å². The zero-order chi connectivity index (χ0) is 18.6. The van der Waals surface area contributed by atoms with Crippen LogP contribution in [0, 0.1) is 0 Å². The monoisotopic (exact) mass is 348 g/mol. The maximum atomic E-state index is 10.8. The maximum Gasteiger partial charge on any atom is 0.330 e. The fraction of sp³-hybridized carbons (Fsp3) is 0.600. The van der Waals surface area contributed by atoms with E-state index >= 15 is 0 Å². The molecular weight excluding hydrogens is 324 g/mol. The lowest BCUT2D eigenvalue weighted by molar-refractivity contribution is -0.235. The van der Waals surface area contributed by atoms with Crippen molar-refractivity contribution in [1.29, 1.82) is 0 Å². The minimum absolute atomic E-state index is 0.205. The van der Waals surface area contributed by atoms with E-state index in [1.54, 1.807) is 0 Å². The van der Waals surface area contributed by atoms with E-state index in [4.69, 9.17) is 9.47 Å². The predicted molar refractivity (Wildman–Crippen MR) is 81.7 cm³/mol. The van der Waals surface area contributed by atoms with E-state index < -0.39 is 29.9 Å². The molecule has 0 bridgehead atoms. The molecule has 0 amide bonds. The zero-order valence-electron chi connectivity index (χ0n) is 13.6. The van der Waals surface area contributed by atoms with Crippen molar-refractivity contribution in [3.63, 3.8) is 0 Å². The molecule has 0 aliphatic heterocycles.